The molecule has 2 N–H and O–H groups in total. The number of thiocarbonyl (C=S) groups is 1. The second-order valence-electron chi connectivity index (χ2n) is 4.56. The van der Waals surface area contributed by atoms with Crippen LogP contribution in [0.1, 0.15) is 25.7 Å². The van der Waals surface area contributed by atoms with E-state index in [0.717, 1.165) is 12.2 Å². The maximum atomic E-state index is 5.29. The molecule has 18 heavy (non-hydrogen) atoms. The van der Waals surface area contributed by atoms with Crippen molar-refractivity contribution in [2.75, 3.05) is 19.0 Å². The van der Waals surface area contributed by atoms with Gasteiger partial charge in [-0.25, -0.2) is 0 Å². The minimum absolute atomic E-state index is 0.536. The average Bonchev–Trinajstić information content (AvgIpc) is 2.98. The number of methoxy groups -OCH3 is 1. The summed E-state index contributed by atoms with van der Waals surface area (Å²) in [5.41, 5.74) is 0.918. The highest BCUT2D eigenvalue weighted by atomic mass is 32.1. The third kappa shape index (κ3) is 3.96. The van der Waals surface area contributed by atoms with E-state index in [1.807, 2.05) is 10.9 Å². The van der Waals surface area contributed by atoms with E-state index >= 15 is 0 Å². The molecule has 0 aliphatic heterocycles. The molecule has 0 spiro atoms. The van der Waals surface area contributed by atoms with Gasteiger partial charge in [-0.1, -0.05) is 12.8 Å². The molecule has 2 rings (SSSR count). The van der Waals surface area contributed by atoms with Crippen LogP contribution in [0.4, 0.5) is 5.69 Å². The van der Waals surface area contributed by atoms with Crippen molar-refractivity contribution >= 4 is 23.0 Å². The third-order valence-electron chi connectivity index (χ3n) is 3.11. The molecule has 0 radical (unpaired) electrons. The molecule has 1 aromatic heterocycles. The fourth-order valence-electron chi connectivity index (χ4n) is 2.16. The van der Waals surface area contributed by atoms with Gasteiger partial charge in [-0.05, 0) is 25.1 Å². The number of nitrogens with one attached hydrogen (secondary N) is 2. The van der Waals surface area contributed by atoms with Gasteiger partial charge in [0.15, 0.2) is 5.11 Å². The molecular formula is C12H20N4OS. The van der Waals surface area contributed by atoms with Gasteiger partial charge in [0, 0.05) is 19.3 Å². The van der Waals surface area contributed by atoms with Gasteiger partial charge in [0.2, 0.25) is 0 Å². The molecule has 1 aromatic rings. The lowest BCUT2D eigenvalue weighted by Crippen LogP contribution is -2.35. The molecule has 1 aliphatic carbocycles. The Balaban J connectivity index is 1.77. The molecule has 0 aromatic carbocycles. The van der Waals surface area contributed by atoms with Crippen LogP contribution >= 0.6 is 12.2 Å². The fraction of sp³-hybridized carbons (Fsp3) is 0.667. The lowest BCUT2D eigenvalue weighted by molar-refractivity contribution is 0.183. The monoisotopic (exact) mass is 268 g/mol. The van der Waals surface area contributed by atoms with Crippen LogP contribution in [0.3, 0.4) is 0 Å². The zero-order valence-corrected chi connectivity index (χ0v) is 11.5. The van der Waals surface area contributed by atoms with Gasteiger partial charge in [-0.15, -0.1) is 0 Å². The van der Waals surface area contributed by atoms with Crippen LogP contribution in [0.25, 0.3) is 0 Å². The predicted octanol–water partition coefficient (Wildman–Crippen LogP) is 1.76. The lowest BCUT2D eigenvalue weighted by Gasteiger charge is -2.14. The number of aromatic nitrogens is 2. The Hall–Kier alpha value is -1.14. The standard InChI is InChI=1S/C12H20N4OS/c1-17-7-6-16-9-11(8-13-16)15-12(18)14-10-4-2-3-5-10/h8-10H,2-7H2,1H3,(H2,14,15,18). The first-order valence-corrected chi connectivity index (χ1v) is 6.77. The molecule has 1 heterocycles. The Morgan fingerprint density at radius 1 is 1.56 bits per heavy atom. The summed E-state index contributed by atoms with van der Waals surface area (Å²) in [6.07, 6.45) is 8.74. The highest BCUT2D eigenvalue weighted by Gasteiger charge is 2.15. The van der Waals surface area contributed by atoms with E-state index in [-0.39, 0.29) is 0 Å². The molecule has 0 saturated heterocycles. The maximum absolute atomic E-state index is 5.29. The number of rotatable bonds is 5. The highest BCUT2D eigenvalue weighted by Crippen LogP contribution is 2.17. The Bertz CT molecular complexity index is 387. The van der Waals surface area contributed by atoms with Crippen LogP contribution in [0.2, 0.25) is 0 Å². The molecule has 0 amide bonds. The SMILES string of the molecule is COCCn1cc(NC(=S)NC2CCCC2)cn1. The van der Waals surface area contributed by atoms with Crippen molar-refractivity contribution in [3.63, 3.8) is 0 Å². The number of ether oxygens (including phenoxy) is 1. The summed E-state index contributed by atoms with van der Waals surface area (Å²) in [6.45, 7) is 1.41. The van der Waals surface area contributed by atoms with Gasteiger partial charge in [-0.3, -0.25) is 4.68 Å². The summed E-state index contributed by atoms with van der Waals surface area (Å²) in [6, 6.07) is 0.536. The summed E-state index contributed by atoms with van der Waals surface area (Å²) in [4.78, 5) is 0. The van der Waals surface area contributed by atoms with E-state index in [2.05, 4.69) is 15.7 Å². The van der Waals surface area contributed by atoms with Crippen molar-refractivity contribution in [1.29, 1.82) is 0 Å². The first-order valence-electron chi connectivity index (χ1n) is 6.37. The average molecular weight is 268 g/mol. The minimum atomic E-state index is 0.536. The van der Waals surface area contributed by atoms with Gasteiger partial charge in [0.05, 0.1) is 25.0 Å². The normalized spacial score (nSPS) is 15.8. The molecule has 6 heteroatoms. The number of nitrogens with zero attached hydrogens (tertiary/aromatic N) is 2. The van der Waals surface area contributed by atoms with E-state index in [4.69, 9.17) is 17.0 Å². The van der Waals surface area contributed by atoms with E-state index < -0.39 is 0 Å². The summed E-state index contributed by atoms with van der Waals surface area (Å²) in [5.74, 6) is 0. The summed E-state index contributed by atoms with van der Waals surface area (Å²) in [7, 11) is 1.68. The summed E-state index contributed by atoms with van der Waals surface area (Å²) >= 11 is 5.29. The van der Waals surface area contributed by atoms with Crippen LogP contribution in [-0.4, -0.2) is 34.7 Å². The van der Waals surface area contributed by atoms with Crippen LogP contribution in [-0.2, 0) is 11.3 Å². The van der Waals surface area contributed by atoms with E-state index in [0.29, 0.717) is 17.8 Å². The van der Waals surface area contributed by atoms with Gasteiger partial charge in [-0.2, -0.15) is 5.10 Å². The Morgan fingerprint density at radius 2 is 2.33 bits per heavy atom. The minimum Gasteiger partial charge on any atom is -0.383 e. The van der Waals surface area contributed by atoms with Crippen molar-refractivity contribution in [3.8, 4) is 0 Å². The van der Waals surface area contributed by atoms with Gasteiger partial charge in [0.1, 0.15) is 0 Å². The lowest BCUT2D eigenvalue weighted by atomic mass is 10.3. The molecule has 0 bridgehead atoms. The highest BCUT2D eigenvalue weighted by molar-refractivity contribution is 7.80. The Kier molecular flexibility index (Phi) is 4.95. The van der Waals surface area contributed by atoms with Crippen LogP contribution < -0.4 is 10.6 Å². The van der Waals surface area contributed by atoms with Crippen molar-refractivity contribution in [1.82, 2.24) is 15.1 Å². The molecule has 0 atom stereocenters. The van der Waals surface area contributed by atoms with E-state index in [1.165, 1.54) is 25.7 Å². The molecule has 1 saturated carbocycles. The topological polar surface area (TPSA) is 51.1 Å². The third-order valence-corrected chi connectivity index (χ3v) is 3.33. The van der Waals surface area contributed by atoms with Gasteiger partial charge >= 0.3 is 0 Å². The maximum Gasteiger partial charge on any atom is 0.171 e. The first kappa shape index (κ1) is 13.3. The molecule has 0 unspecified atom stereocenters. The van der Waals surface area contributed by atoms with Gasteiger partial charge < -0.3 is 15.4 Å². The van der Waals surface area contributed by atoms with Crippen molar-refractivity contribution < 1.29 is 4.74 Å². The molecule has 5 nitrogen and oxygen atoms in total. The number of hydrogen-bond donors (Lipinski definition) is 2. The zero-order valence-electron chi connectivity index (χ0n) is 10.7. The van der Waals surface area contributed by atoms with Gasteiger partial charge in [0.25, 0.3) is 0 Å². The fourth-order valence-corrected chi connectivity index (χ4v) is 2.44. The van der Waals surface area contributed by atoms with Crippen molar-refractivity contribution in [2.45, 2.75) is 38.3 Å². The van der Waals surface area contributed by atoms with Crippen LogP contribution in [0.15, 0.2) is 12.4 Å². The van der Waals surface area contributed by atoms with E-state index in [1.54, 1.807) is 13.3 Å². The predicted molar refractivity (Wildman–Crippen MR) is 75.7 cm³/mol. The van der Waals surface area contributed by atoms with E-state index in [9.17, 15) is 0 Å². The first-order chi connectivity index (χ1) is 8.78. The quantitative estimate of drug-likeness (QED) is 0.797. The second-order valence-corrected chi connectivity index (χ2v) is 4.97. The zero-order chi connectivity index (χ0) is 12.8. The molecular weight excluding hydrogens is 248 g/mol. The van der Waals surface area contributed by atoms with Crippen molar-refractivity contribution in [2.24, 2.45) is 0 Å². The largest absolute Gasteiger partial charge is 0.383 e. The molecule has 1 aliphatic rings. The molecule has 1 fully saturated rings. The smallest absolute Gasteiger partial charge is 0.171 e. The molecule has 100 valence electrons. The summed E-state index contributed by atoms with van der Waals surface area (Å²) in [5, 5.41) is 11.4. The van der Waals surface area contributed by atoms with Crippen molar-refractivity contribution in [3.05, 3.63) is 12.4 Å². The van der Waals surface area contributed by atoms with Crippen LogP contribution in [0, 0.1) is 0 Å². The number of hydrogen-bond acceptors (Lipinski definition) is 3. The Morgan fingerprint density at radius 3 is 3.06 bits per heavy atom. The van der Waals surface area contributed by atoms with Crippen LogP contribution in [0.5, 0.6) is 0 Å². The Labute approximate surface area is 113 Å². The summed E-state index contributed by atoms with van der Waals surface area (Å²) < 4.78 is 6.84. The number of anilines is 1. The second kappa shape index (κ2) is 6.70.